The first-order valence-electron chi connectivity index (χ1n) is 11.8. The summed E-state index contributed by atoms with van der Waals surface area (Å²) in [4.78, 5) is 26.9. The minimum absolute atomic E-state index is 0.156. The normalized spacial score (nSPS) is 15.7. The second kappa shape index (κ2) is 10.2. The molecule has 1 saturated heterocycles. The van der Waals surface area contributed by atoms with Gasteiger partial charge in [0.15, 0.2) is 0 Å². The van der Waals surface area contributed by atoms with Crippen LogP contribution in [-0.4, -0.2) is 52.0 Å². The zero-order chi connectivity index (χ0) is 25.0. The quantitative estimate of drug-likeness (QED) is 0.424. The largest absolute Gasteiger partial charge is 0.461 e. The van der Waals surface area contributed by atoms with Crippen molar-refractivity contribution in [2.24, 2.45) is 0 Å². The highest BCUT2D eigenvalue weighted by atomic mass is 16.6. The van der Waals surface area contributed by atoms with Gasteiger partial charge in [-0.25, -0.2) is 9.59 Å². The molecule has 8 nitrogen and oxygen atoms in total. The van der Waals surface area contributed by atoms with Gasteiger partial charge < -0.3 is 19.1 Å². The van der Waals surface area contributed by atoms with Crippen LogP contribution in [0.2, 0.25) is 0 Å². The number of aromatic nitrogens is 2. The van der Waals surface area contributed by atoms with E-state index in [-0.39, 0.29) is 18.7 Å². The summed E-state index contributed by atoms with van der Waals surface area (Å²) in [5, 5.41) is 4.74. The van der Waals surface area contributed by atoms with Crippen molar-refractivity contribution < 1.29 is 23.8 Å². The number of nitrogens with zero attached hydrogens (tertiary/aromatic N) is 3. The predicted octanol–water partition coefficient (Wildman–Crippen LogP) is 5.70. The van der Waals surface area contributed by atoms with Crippen LogP contribution in [0.25, 0.3) is 11.3 Å². The van der Waals surface area contributed by atoms with E-state index in [0.29, 0.717) is 36.6 Å². The van der Waals surface area contributed by atoms with Crippen LogP contribution in [0.5, 0.6) is 11.5 Å². The van der Waals surface area contributed by atoms with Crippen molar-refractivity contribution in [3.63, 3.8) is 0 Å². The van der Waals surface area contributed by atoms with Crippen molar-refractivity contribution in [1.29, 1.82) is 0 Å². The van der Waals surface area contributed by atoms with E-state index in [1.165, 1.54) is 0 Å². The molecule has 1 aliphatic heterocycles. The van der Waals surface area contributed by atoms with Crippen LogP contribution in [0.1, 0.15) is 50.6 Å². The molecular formula is C27H31N3O5. The topological polar surface area (TPSA) is 82.9 Å². The summed E-state index contributed by atoms with van der Waals surface area (Å²) in [6, 6.07) is 18.7. The molecule has 8 heteroatoms. The van der Waals surface area contributed by atoms with E-state index >= 15 is 0 Å². The molecule has 1 unspecified atom stereocenters. The Kier molecular flexibility index (Phi) is 7.10. The molecule has 0 N–H and O–H groups in total. The molecule has 2 heterocycles. The predicted molar refractivity (Wildman–Crippen MR) is 132 cm³/mol. The van der Waals surface area contributed by atoms with E-state index in [4.69, 9.17) is 19.3 Å². The van der Waals surface area contributed by atoms with Gasteiger partial charge in [0, 0.05) is 18.7 Å². The Morgan fingerprint density at radius 2 is 1.71 bits per heavy atom. The van der Waals surface area contributed by atoms with Gasteiger partial charge in [-0.15, -0.1) is 0 Å². The Bertz CT molecular complexity index is 1170. The van der Waals surface area contributed by atoms with E-state index < -0.39 is 11.6 Å². The summed E-state index contributed by atoms with van der Waals surface area (Å²) in [5.41, 5.74) is 1.29. The zero-order valence-corrected chi connectivity index (χ0v) is 20.6. The van der Waals surface area contributed by atoms with Gasteiger partial charge in [0.25, 0.3) is 0 Å². The third-order valence-corrected chi connectivity index (χ3v) is 5.51. The van der Waals surface area contributed by atoms with Gasteiger partial charge >= 0.3 is 12.1 Å². The number of hydrogen-bond acceptors (Lipinski definition) is 6. The molecule has 3 aromatic rings. The van der Waals surface area contributed by atoms with Crippen LogP contribution < -0.4 is 4.74 Å². The Morgan fingerprint density at radius 1 is 1.03 bits per heavy atom. The Morgan fingerprint density at radius 3 is 2.37 bits per heavy atom. The fourth-order valence-corrected chi connectivity index (χ4v) is 3.92. The molecule has 0 spiro atoms. The molecule has 4 rings (SSSR count). The highest BCUT2D eigenvalue weighted by molar-refractivity contribution is 5.89. The molecule has 35 heavy (non-hydrogen) atoms. The number of likely N-dealkylation sites (tertiary alicyclic amines) is 1. The Balaban J connectivity index is 1.55. The number of amides is 1. The second-order valence-corrected chi connectivity index (χ2v) is 9.39. The van der Waals surface area contributed by atoms with Gasteiger partial charge in [0.05, 0.1) is 18.3 Å². The lowest BCUT2D eigenvalue weighted by molar-refractivity contribution is 0.0288. The number of carbonyl (C=O) groups excluding carboxylic acids is 2. The summed E-state index contributed by atoms with van der Waals surface area (Å²) < 4.78 is 18.3. The van der Waals surface area contributed by atoms with Crippen LogP contribution in [-0.2, 0) is 9.47 Å². The highest BCUT2D eigenvalue weighted by Crippen LogP contribution is 2.30. The van der Waals surface area contributed by atoms with E-state index in [1.54, 1.807) is 22.6 Å². The lowest BCUT2D eigenvalue weighted by atomic mass is 10.1. The van der Waals surface area contributed by atoms with Crippen molar-refractivity contribution in [2.75, 3.05) is 19.7 Å². The molecular weight excluding hydrogens is 446 g/mol. The van der Waals surface area contributed by atoms with Crippen molar-refractivity contribution in [3.8, 4) is 22.8 Å². The van der Waals surface area contributed by atoms with Gasteiger partial charge in [0.2, 0.25) is 0 Å². The molecule has 1 aromatic heterocycles. The fourth-order valence-electron chi connectivity index (χ4n) is 3.92. The number of hydrogen-bond donors (Lipinski definition) is 0. The van der Waals surface area contributed by atoms with E-state index in [0.717, 1.165) is 11.3 Å². The summed E-state index contributed by atoms with van der Waals surface area (Å²) in [7, 11) is 0. The van der Waals surface area contributed by atoms with Crippen LogP contribution >= 0.6 is 0 Å². The number of benzene rings is 2. The number of rotatable bonds is 6. The molecule has 184 valence electrons. The third-order valence-electron chi connectivity index (χ3n) is 5.51. The Hall–Kier alpha value is -3.81. The fraction of sp³-hybridized carbons (Fsp3) is 0.370. The minimum atomic E-state index is -0.569. The lowest BCUT2D eigenvalue weighted by Crippen LogP contribution is -2.35. The number of carbonyl (C=O) groups is 2. The molecule has 0 saturated carbocycles. The van der Waals surface area contributed by atoms with Crippen LogP contribution in [0.15, 0.2) is 60.7 Å². The standard InChI is InChI=1S/C27H31N3O5/c1-5-33-25(31)24-17-23(19-11-13-22(14-12-19)34-21-9-7-6-8-10-21)28-30(24)20-15-16-29(18-20)26(32)35-27(2,3)4/h6-14,17,20H,5,15-16,18H2,1-4H3. The van der Waals surface area contributed by atoms with Gasteiger partial charge in [0.1, 0.15) is 22.8 Å². The molecule has 0 aliphatic carbocycles. The Labute approximate surface area is 205 Å². The van der Waals surface area contributed by atoms with E-state index in [2.05, 4.69) is 0 Å². The maximum atomic E-state index is 12.7. The first kappa shape index (κ1) is 24.3. The van der Waals surface area contributed by atoms with Crippen LogP contribution in [0.4, 0.5) is 4.79 Å². The third kappa shape index (κ3) is 6.01. The minimum Gasteiger partial charge on any atom is -0.461 e. The maximum absolute atomic E-state index is 12.7. The van der Waals surface area contributed by atoms with E-state index in [9.17, 15) is 9.59 Å². The van der Waals surface area contributed by atoms with Crippen molar-refractivity contribution in [2.45, 2.75) is 45.8 Å². The van der Waals surface area contributed by atoms with Crippen molar-refractivity contribution >= 4 is 12.1 Å². The summed E-state index contributed by atoms with van der Waals surface area (Å²) in [5.74, 6) is 1.02. The maximum Gasteiger partial charge on any atom is 0.410 e. The van der Waals surface area contributed by atoms with Gasteiger partial charge in [-0.3, -0.25) is 4.68 Å². The van der Waals surface area contributed by atoms with Crippen molar-refractivity contribution in [1.82, 2.24) is 14.7 Å². The van der Waals surface area contributed by atoms with E-state index in [1.807, 2.05) is 75.4 Å². The molecule has 0 bridgehead atoms. The van der Waals surface area contributed by atoms with Gasteiger partial charge in [-0.2, -0.15) is 5.10 Å². The van der Waals surface area contributed by atoms with Gasteiger partial charge in [-0.05, 0) is 76.6 Å². The smallest absolute Gasteiger partial charge is 0.410 e. The molecule has 1 amide bonds. The second-order valence-electron chi connectivity index (χ2n) is 9.39. The zero-order valence-electron chi connectivity index (χ0n) is 20.6. The highest BCUT2D eigenvalue weighted by Gasteiger charge is 2.33. The monoisotopic (exact) mass is 477 g/mol. The molecule has 1 aliphatic rings. The van der Waals surface area contributed by atoms with Gasteiger partial charge in [-0.1, -0.05) is 18.2 Å². The summed E-state index contributed by atoms with van der Waals surface area (Å²) in [6.45, 7) is 8.49. The molecule has 1 atom stereocenters. The molecule has 0 radical (unpaired) electrons. The summed E-state index contributed by atoms with van der Waals surface area (Å²) in [6.07, 6.45) is 0.301. The van der Waals surface area contributed by atoms with Crippen molar-refractivity contribution in [3.05, 3.63) is 66.4 Å². The van der Waals surface area contributed by atoms with Crippen LogP contribution in [0.3, 0.4) is 0 Å². The summed E-state index contributed by atoms with van der Waals surface area (Å²) >= 11 is 0. The number of para-hydroxylation sites is 1. The average Bonchev–Trinajstić information content (AvgIpc) is 3.47. The number of esters is 1. The number of ether oxygens (including phenoxy) is 3. The average molecular weight is 478 g/mol. The first-order valence-corrected chi connectivity index (χ1v) is 11.8. The SMILES string of the molecule is CCOC(=O)c1cc(-c2ccc(Oc3ccccc3)cc2)nn1C1CCN(C(=O)OC(C)(C)C)C1. The van der Waals surface area contributed by atoms with Crippen LogP contribution in [0, 0.1) is 0 Å². The first-order chi connectivity index (χ1) is 16.7. The molecule has 2 aromatic carbocycles. The molecule has 1 fully saturated rings. The lowest BCUT2D eigenvalue weighted by Gasteiger charge is -2.24.